The summed E-state index contributed by atoms with van der Waals surface area (Å²) in [6, 6.07) is 4.82. The molecule has 14 heavy (non-hydrogen) atoms. The summed E-state index contributed by atoms with van der Waals surface area (Å²) < 4.78 is 18.5. The van der Waals surface area contributed by atoms with Crippen molar-refractivity contribution in [3.05, 3.63) is 29.6 Å². The minimum absolute atomic E-state index is 0.182. The number of ether oxygens (including phenoxy) is 1. The van der Waals surface area contributed by atoms with E-state index < -0.39 is 0 Å². The standard InChI is InChI=1S/C11H14ClFO/c1-2-14-10-5-6-11(13)9(8-10)4-3-7-12/h5-6,8H,2-4,7H2,1H3. The highest BCUT2D eigenvalue weighted by Gasteiger charge is 2.03. The molecule has 3 heteroatoms. The van der Waals surface area contributed by atoms with Gasteiger partial charge in [-0.2, -0.15) is 0 Å². The highest BCUT2D eigenvalue weighted by Crippen LogP contribution is 2.18. The van der Waals surface area contributed by atoms with E-state index in [1.807, 2.05) is 6.92 Å². The molecule has 0 unspecified atom stereocenters. The molecule has 1 aromatic carbocycles. The molecule has 0 aromatic heterocycles. The Bertz CT molecular complexity index is 289. The summed E-state index contributed by atoms with van der Waals surface area (Å²) in [4.78, 5) is 0. The summed E-state index contributed by atoms with van der Waals surface area (Å²) in [7, 11) is 0. The van der Waals surface area contributed by atoms with Crippen LogP contribution < -0.4 is 4.74 Å². The van der Waals surface area contributed by atoms with Crippen LogP contribution in [0.25, 0.3) is 0 Å². The molecule has 0 radical (unpaired) electrons. The van der Waals surface area contributed by atoms with Crippen LogP contribution in [0.5, 0.6) is 5.75 Å². The van der Waals surface area contributed by atoms with E-state index in [9.17, 15) is 4.39 Å². The molecule has 0 aliphatic rings. The maximum atomic E-state index is 13.2. The molecule has 0 aliphatic heterocycles. The first-order chi connectivity index (χ1) is 6.77. The third-order valence-corrected chi connectivity index (χ3v) is 2.18. The summed E-state index contributed by atoms with van der Waals surface area (Å²) >= 11 is 5.55. The summed E-state index contributed by atoms with van der Waals surface area (Å²) in [6.07, 6.45) is 1.45. The third-order valence-electron chi connectivity index (χ3n) is 1.91. The molecule has 0 amide bonds. The van der Waals surface area contributed by atoms with Crippen molar-refractivity contribution in [1.29, 1.82) is 0 Å². The van der Waals surface area contributed by atoms with Gasteiger partial charge in [-0.25, -0.2) is 4.39 Å². The Morgan fingerprint density at radius 2 is 2.21 bits per heavy atom. The van der Waals surface area contributed by atoms with Crippen molar-refractivity contribution in [2.45, 2.75) is 19.8 Å². The van der Waals surface area contributed by atoms with Gasteiger partial charge in [0.1, 0.15) is 11.6 Å². The van der Waals surface area contributed by atoms with Gasteiger partial charge in [0, 0.05) is 5.88 Å². The lowest BCUT2D eigenvalue weighted by Crippen LogP contribution is -1.96. The monoisotopic (exact) mass is 216 g/mol. The fourth-order valence-electron chi connectivity index (χ4n) is 1.26. The number of hydrogen-bond acceptors (Lipinski definition) is 1. The van der Waals surface area contributed by atoms with E-state index in [2.05, 4.69) is 0 Å². The van der Waals surface area contributed by atoms with Gasteiger partial charge in [-0.15, -0.1) is 11.6 Å². The van der Waals surface area contributed by atoms with Crippen LogP contribution >= 0.6 is 11.6 Å². The van der Waals surface area contributed by atoms with E-state index in [1.165, 1.54) is 6.07 Å². The van der Waals surface area contributed by atoms with Gasteiger partial charge in [0.05, 0.1) is 6.61 Å². The highest BCUT2D eigenvalue weighted by molar-refractivity contribution is 6.17. The van der Waals surface area contributed by atoms with Crippen molar-refractivity contribution in [3.8, 4) is 5.75 Å². The SMILES string of the molecule is CCOc1ccc(F)c(CCCCl)c1. The zero-order valence-corrected chi connectivity index (χ0v) is 8.98. The van der Waals surface area contributed by atoms with Crippen LogP contribution in [0.2, 0.25) is 0 Å². The third kappa shape index (κ3) is 3.18. The first kappa shape index (κ1) is 11.3. The number of rotatable bonds is 5. The van der Waals surface area contributed by atoms with E-state index >= 15 is 0 Å². The largest absolute Gasteiger partial charge is 0.494 e. The van der Waals surface area contributed by atoms with Crippen LogP contribution in [-0.2, 0) is 6.42 Å². The average Bonchev–Trinajstić information content (AvgIpc) is 2.19. The van der Waals surface area contributed by atoms with Gasteiger partial charge in [-0.3, -0.25) is 0 Å². The van der Waals surface area contributed by atoms with Crippen molar-refractivity contribution >= 4 is 11.6 Å². The smallest absolute Gasteiger partial charge is 0.126 e. The Kier molecular flexibility index (Phi) is 4.74. The van der Waals surface area contributed by atoms with Gasteiger partial charge in [0.2, 0.25) is 0 Å². The second kappa shape index (κ2) is 5.86. The number of aryl methyl sites for hydroxylation is 1. The van der Waals surface area contributed by atoms with Crippen LogP contribution in [0.1, 0.15) is 18.9 Å². The van der Waals surface area contributed by atoms with Gasteiger partial charge < -0.3 is 4.74 Å². The van der Waals surface area contributed by atoms with E-state index in [1.54, 1.807) is 12.1 Å². The molecule has 78 valence electrons. The van der Waals surface area contributed by atoms with E-state index in [-0.39, 0.29) is 5.82 Å². The Balaban J connectivity index is 2.74. The lowest BCUT2D eigenvalue weighted by Gasteiger charge is -2.06. The molecule has 0 fully saturated rings. The van der Waals surface area contributed by atoms with Crippen LogP contribution in [0.3, 0.4) is 0 Å². The fourth-order valence-corrected chi connectivity index (χ4v) is 1.39. The van der Waals surface area contributed by atoms with Crippen molar-refractivity contribution in [2.75, 3.05) is 12.5 Å². The molecular formula is C11H14ClFO. The molecule has 0 spiro atoms. The summed E-state index contributed by atoms with van der Waals surface area (Å²) in [6.45, 7) is 2.50. The minimum atomic E-state index is -0.182. The first-order valence-electron chi connectivity index (χ1n) is 4.75. The fraction of sp³-hybridized carbons (Fsp3) is 0.455. The normalized spacial score (nSPS) is 10.2. The molecule has 0 heterocycles. The van der Waals surface area contributed by atoms with E-state index in [4.69, 9.17) is 16.3 Å². The van der Waals surface area contributed by atoms with Crippen molar-refractivity contribution in [3.63, 3.8) is 0 Å². The van der Waals surface area contributed by atoms with Crippen molar-refractivity contribution < 1.29 is 9.13 Å². The predicted molar refractivity (Wildman–Crippen MR) is 56.6 cm³/mol. The van der Waals surface area contributed by atoms with E-state index in [0.717, 1.165) is 12.2 Å². The molecule has 0 N–H and O–H groups in total. The summed E-state index contributed by atoms with van der Waals surface area (Å²) in [5, 5.41) is 0. The van der Waals surface area contributed by atoms with Gasteiger partial charge in [0.15, 0.2) is 0 Å². The van der Waals surface area contributed by atoms with Crippen LogP contribution in [0.15, 0.2) is 18.2 Å². The van der Waals surface area contributed by atoms with Crippen molar-refractivity contribution in [1.82, 2.24) is 0 Å². The molecule has 0 aliphatic carbocycles. The van der Waals surface area contributed by atoms with E-state index in [0.29, 0.717) is 24.5 Å². The Hall–Kier alpha value is -0.760. The minimum Gasteiger partial charge on any atom is -0.494 e. The molecule has 0 saturated carbocycles. The van der Waals surface area contributed by atoms with Gasteiger partial charge >= 0.3 is 0 Å². The average molecular weight is 217 g/mol. The molecule has 1 nitrogen and oxygen atoms in total. The molecule has 1 rings (SSSR count). The Morgan fingerprint density at radius 1 is 1.43 bits per heavy atom. The molecular weight excluding hydrogens is 203 g/mol. The molecule has 0 atom stereocenters. The highest BCUT2D eigenvalue weighted by atomic mass is 35.5. The maximum absolute atomic E-state index is 13.2. The zero-order valence-electron chi connectivity index (χ0n) is 8.22. The quantitative estimate of drug-likeness (QED) is 0.686. The summed E-state index contributed by atoms with van der Waals surface area (Å²) in [5.41, 5.74) is 0.677. The van der Waals surface area contributed by atoms with Gasteiger partial charge in [-0.05, 0) is 43.5 Å². The lowest BCUT2D eigenvalue weighted by atomic mass is 10.1. The van der Waals surface area contributed by atoms with Crippen LogP contribution in [-0.4, -0.2) is 12.5 Å². The Labute approximate surface area is 88.8 Å². The van der Waals surface area contributed by atoms with Gasteiger partial charge in [-0.1, -0.05) is 0 Å². The number of benzene rings is 1. The predicted octanol–water partition coefficient (Wildman–Crippen LogP) is 3.40. The lowest BCUT2D eigenvalue weighted by molar-refractivity contribution is 0.339. The molecule has 0 bridgehead atoms. The molecule has 1 aromatic rings. The van der Waals surface area contributed by atoms with Crippen LogP contribution in [0, 0.1) is 5.82 Å². The zero-order chi connectivity index (χ0) is 10.4. The second-order valence-electron chi connectivity index (χ2n) is 2.98. The second-order valence-corrected chi connectivity index (χ2v) is 3.36. The number of halogens is 2. The van der Waals surface area contributed by atoms with Crippen LogP contribution in [0.4, 0.5) is 4.39 Å². The van der Waals surface area contributed by atoms with Gasteiger partial charge in [0.25, 0.3) is 0 Å². The maximum Gasteiger partial charge on any atom is 0.126 e. The number of alkyl halides is 1. The topological polar surface area (TPSA) is 9.23 Å². The first-order valence-corrected chi connectivity index (χ1v) is 5.28. The number of hydrogen-bond donors (Lipinski definition) is 0. The summed E-state index contributed by atoms with van der Waals surface area (Å²) in [5.74, 6) is 1.09. The Morgan fingerprint density at radius 3 is 2.86 bits per heavy atom. The molecule has 0 saturated heterocycles. The van der Waals surface area contributed by atoms with Crippen molar-refractivity contribution in [2.24, 2.45) is 0 Å².